The number of aliphatic carboxylic acids is 1. The van der Waals surface area contributed by atoms with Crippen molar-refractivity contribution in [2.75, 3.05) is 6.54 Å². The predicted molar refractivity (Wildman–Crippen MR) is 112 cm³/mol. The number of hydrogen-bond donors (Lipinski definition) is 0. The zero-order chi connectivity index (χ0) is 22.6. The molecule has 1 fully saturated rings. The van der Waals surface area contributed by atoms with E-state index in [0.717, 1.165) is 32.6 Å². The molecule has 7 nitrogen and oxygen atoms in total. The summed E-state index contributed by atoms with van der Waals surface area (Å²) in [6, 6.07) is 13.7. The van der Waals surface area contributed by atoms with Gasteiger partial charge >= 0.3 is 35.6 Å². The molecule has 2 aromatic carbocycles. The number of carboxylic acid groups (broad SMARTS) is 1. The van der Waals surface area contributed by atoms with Crippen LogP contribution in [0.5, 0.6) is 0 Å². The fraction of sp³-hybridized carbons (Fsp3) is 0.292. The van der Waals surface area contributed by atoms with E-state index in [1.807, 2.05) is 24.3 Å². The van der Waals surface area contributed by atoms with Gasteiger partial charge in [-0.15, -0.1) is 0 Å². The number of carbonyl (C=O) groups excluding carboxylic acids is 3. The standard InChI is InChI=1S/C24H22FN3O4.Na/c1-24-12-18-17-4-2-3-5-19(17)27(13-15-6-8-16(25)9-7-15)20(18)14-28(24)23(32)26(22(24)31)11-10-21(29)30;/h2-9H,10-14H2,1H3,(H,29,30);/q;+1/p-1. The average Bonchev–Trinajstić information content (AvgIpc) is 3.16. The van der Waals surface area contributed by atoms with E-state index in [1.54, 1.807) is 19.1 Å². The number of imide groups is 1. The Morgan fingerprint density at radius 1 is 1.12 bits per heavy atom. The Bertz CT molecular complexity index is 1270. The summed E-state index contributed by atoms with van der Waals surface area (Å²) in [6.45, 7) is 2.26. The zero-order valence-electron chi connectivity index (χ0n) is 18.5. The van der Waals surface area contributed by atoms with Gasteiger partial charge in [-0.2, -0.15) is 0 Å². The minimum absolute atomic E-state index is 0. The molecule has 0 aliphatic carbocycles. The molecule has 33 heavy (non-hydrogen) atoms. The molecule has 1 aromatic heterocycles. The molecule has 0 bridgehead atoms. The number of urea groups is 1. The van der Waals surface area contributed by atoms with Gasteiger partial charge in [-0.25, -0.2) is 9.18 Å². The maximum Gasteiger partial charge on any atom is 1.00 e. The summed E-state index contributed by atoms with van der Waals surface area (Å²) >= 11 is 0. The van der Waals surface area contributed by atoms with Gasteiger partial charge in [0, 0.05) is 48.5 Å². The molecule has 0 spiro atoms. The van der Waals surface area contributed by atoms with Gasteiger partial charge in [0.15, 0.2) is 0 Å². The van der Waals surface area contributed by atoms with E-state index in [1.165, 1.54) is 17.0 Å². The largest absolute Gasteiger partial charge is 1.00 e. The van der Waals surface area contributed by atoms with Crippen LogP contribution in [0.4, 0.5) is 9.18 Å². The van der Waals surface area contributed by atoms with Crippen LogP contribution < -0.4 is 34.7 Å². The Morgan fingerprint density at radius 2 is 1.82 bits per heavy atom. The van der Waals surface area contributed by atoms with Crippen molar-refractivity contribution in [1.29, 1.82) is 0 Å². The molecule has 3 aromatic rings. The first kappa shape index (κ1) is 23.5. The predicted octanol–water partition coefficient (Wildman–Crippen LogP) is -0.948. The molecule has 3 heterocycles. The van der Waals surface area contributed by atoms with E-state index in [9.17, 15) is 23.9 Å². The summed E-state index contributed by atoms with van der Waals surface area (Å²) < 4.78 is 15.5. The number of amides is 3. The van der Waals surface area contributed by atoms with E-state index in [-0.39, 0.29) is 54.4 Å². The first-order valence-electron chi connectivity index (χ1n) is 10.5. The van der Waals surface area contributed by atoms with Gasteiger partial charge in [0.1, 0.15) is 11.4 Å². The van der Waals surface area contributed by atoms with E-state index in [4.69, 9.17) is 0 Å². The summed E-state index contributed by atoms with van der Waals surface area (Å²) in [4.78, 5) is 39.7. The van der Waals surface area contributed by atoms with Crippen LogP contribution in [0.3, 0.4) is 0 Å². The van der Waals surface area contributed by atoms with Gasteiger partial charge in [-0.1, -0.05) is 30.3 Å². The van der Waals surface area contributed by atoms with E-state index >= 15 is 0 Å². The average molecular weight is 457 g/mol. The molecule has 164 valence electrons. The minimum Gasteiger partial charge on any atom is -0.550 e. The van der Waals surface area contributed by atoms with Crippen LogP contribution in [-0.2, 0) is 29.1 Å². The number of carboxylic acids is 1. The molecule has 1 unspecified atom stereocenters. The summed E-state index contributed by atoms with van der Waals surface area (Å²) in [5, 5.41) is 11.9. The van der Waals surface area contributed by atoms with Crippen LogP contribution in [0.25, 0.3) is 10.9 Å². The molecule has 2 aliphatic heterocycles. The third kappa shape index (κ3) is 3.76. The van der Waals surface area contributed by atoms with Crippen molar-refractivity contribution in [3.8, 4) is 0 Å². The number of benzene rings is 2. The van der Waals surface area contributed by atoms with E-state index in [2.05, 4.69) is 4.57 Å². The third-order valence-electron chi connectivity index (χ3n) is 6.58. The quantitative estimate of drug-likeness (QED) is 0.365. The third-order valence-corrected chi connectivity index (χ3v) is 6.58. The van der Waals surface area contributed by atoms with Gasteiger partial charge in [0.25, 0.3) is 5.91 Å². The number of aromatic nitrogens is 1. The summed E-state index contributed by atoms with van der Waals surface area (Å²) in [5.74, 6) is -1.99. The normalized spacial score (nSPS) is 19.5. The number of nitrogens with zero attached hydrogens (tertiary/aromatic N) is 3. The van der Waals surface area contributed by atoms with Crippen molar-refractivity contribution < 1.29 is 53.4 Å². The van der Waals surface area contributed by atoms with Gasteiger partial charge in [0.2, 0.25) is 0 Å². The maximum absolute atomic E-state index is 13.4. The molecule has 3 amide bonds. The van der Waals surface area contributed by atoms with Crippen LogP contribution in [0.2, 0.25) is 0 Å². The van der Waals surface area contributed by atoms with Gasteiger partial charge in [-0.05, 0) is 36.2 Å². The first-order valence-corrected chi connectivity index (χ1v) is 10.5. The Kier molecular flexibility index (Phi) is 6.11. The molecular weight excluding hydrogens is 436 g/mol. The molecule has 0 N–H and O–H groups in total. The molecular formula is C24H21FN3NaO4. The Labute approximate surface area is 212 Å². The summed E-state index contributed by atoms with van der Waals surface area (Å²) in [6.07, 6.45) is -0.0558. The van der Waals surface area contributed by atoms with E-state index in [0.29, 0.717) is 13.0 Å². The molecule has 1 atom stereocenters. The smallest absolute Gasteiger partial charge is 0.550 e. The second kappa shape index (κ2) is 8.59. The van der Waals surface area contributed by atoms with Crippen LogP contribution in [0.15, 0.2) is 48.5 Å². The fourth-order valence-corrected chi connectivity index (χ4v) is 4.92. The topological polar surface area (TPSA) is 85.7 Å². The Morgan fingerprint density at radius 3 is 2.52 bits per heavy atom. The van der Waals surface area contributed by atoms with Crippen molar-refractivity contribution in [1.82, 2.24) is 14.4 Å². The van der Waals surface area contributed by atoms with Gasteiger partial charge in [0.05, 0.1) is 6.54 Å². The van der Waals surface area contributed by atoms with Gasteiger partial charge in [-0.3, -0.25) is 9.69 Å². The second-order valence-corrected chi connectivity index (χ2v) is 8.55. The monoisotopic (exact) mass is 457 g/mol. The van der Waals surface area contributed by atoms with Gasteiger partial charge < -0.3 is 19.4 Å². The van der Waals surface area contributed by atoms with Crippen molar-refractivity contribution in [2.24, 2.45) is 0 Å². The Balaban J connectivity index is 0.00000259. The maximum atomic E-state index is 13.4. The first-order chi connectivity index (χ1) is 15.3. The van der Waals surface area contributed by atoms with E-state index < -0.39 is 24.0 Å². The van der Waals surface area contributed by atoms with Crippen LogP contribution in [0, 0.1) is 5.82 Å². The molecule has 2 aliphatic rings. The molecule has 0 saturated carbocycles. The number of fused-ring (bicyclic) bond motifs is 4. The summed E-state index contributed by atoms with van der Waals surface area (Å²) in [7, 11) is 0. The van der Waals surface area contributed by atoms with Crippen molar-refractivity contribution in [3.63, 3.8) is 0 Å². The molecule has 0 radical (unpaired) electrons. The minimum atomic E-state index is -1.30. The number of para-hydroxylation sites is 1. The fourth-order valence-electron chi connectivity index (χ4n) is 4.92. The number of rotatable bonds is 5. The number of carbonyl (C=O) groups is 3. The van der Waals surface area contributed by atoms with Crippen molar-refractivity contribution >= 4 is 28.8 Å². The van der Waals surface area contributed by atoms with Crippen LogP contribution >= 0.6 is 0 Å². The molecule has 5 rings (SSSR count). The van der Waals surface area contributed by atoms with Crippen molar-refractivity contribution in [2.45, 2.75) is 38.4 Å². The van der Waals surface area contributed by atoms with Crippen LogP contribution in [-0.4, -0.2) is 44.4 Å². The Hall–Kier alpha value is -2.68. The molecule has 9 heteroatoms. The number of hydrogen-bond acceptors (Lipinski definition) is 4. The van der Waals surface area contributed by atoms with Crippen LogP contribution in [0.1, 0.15) is 30.2 Å². The zero-order valence-corrected chi connectivity index (χ0v) is 20.5. The SMILES string of the molecule is CC12Cc3c(n(Cc4ccc(F)cc4)c4ccccc34)CN1C(=O)N(CCC(=O)[O-])C2=O.[Na+]. The summed E-state index contributed by atoms with van der Waals surface area (Å²) in [5.41, 5.74) is 2.77. The second-order valence-electron chi connectivity index (χ2n) is 8.55. The van der Waals surface area contributed by atoms with Crippen molar-refractivity contribution in [3.05, 3.63) is 71.2 Å². The molecule has 1 saturated heterocycles. The number of halogens is 1.